The Morgan fingerprint density at radius 3 is 2.96 bits per heavy atom. The van der Waals surface area contributed by atoms with Gasteiger partial charge >= 0.3 is 0 Å². The van der Waals surface area contributed by atoms with Gasteiger partial charge in [0.2, 0.25) is 5.91 Å². The largest absolute Gasteiger partial charge is 0.493 e. The number of carbonyl (C=O) groups excluding carboxylic acids is 1. The third-order valence-electron chi connectivity index (χ3n) is 4.54. The topological polar surface area (TPSA) is 69.0 Å². The molecule has 3 heterocycles. The molecule has 0 bridgehead atoms. The number of nitrogens with one attached hydrogen (secondary N) is 1. The van der Waals surface area contributed by atoms with E-state index < -0.39 is 0 Å². The van der Waals surface area contributed by atoms with E-state index in [0.717, 1.165) is 22.7 Å². The third kappa shape index (κ3) is 3.56. The van der Waals surface area contributed by atoms with E-state index in [9.17, 15) is 4.79 Å². The smallest absolute Gasteiger partial charge is 0.226 e. The summed E-state index contributed by atoms with van der Waals surface area (Å²) in [4.78, 5) is 21.2. The lowest BCUT2D eigenvalue weighted by Gasteiger charge is -2.23. The van der Waals surface area contributed by atoms with Gasteiger partial charge in [0.05, 0.1) is 24.2 Å². The maximum absolute atomic E-state index is 12.4. The lowest BCUT2D eigenvalue weighted by molar-refractivity contribution is -0.116. The molecule has 4 rings (SSSR count). The van der Waals surface area contributed by atoms with Crippen LogP contribution in [0.15, 0.2) is 55.1 Å². The summed E-state index contributed by atoms with van der Waals surface area (Å²) in [5, 5.41) is 2.96. The molecule has 3 aromatic rings. The first-order valence-electron chi connectivity index (χ1n) is 9.12. The monoisotopic (exact) mass is 362 g/mol. The summed E-state index contributed by atoms with van der Waals surface area (Å²) in [6, 6.07) is 11.8. The van der Waals surface area contributed by atoms with Crippen molar-refractivity contribution < 1.29 is 9.53 Å². The molecule has 1 N–H and O–H groups in total. The van der Waals surface area contributed by atoms with Gasteiger partial charge in [-0.1, -0.05) is 26.0 Å². The highest BCUT2D eigenvalue weighted by atomic mass is 16.5. The summed E-state index contributed by atoms with van der Waals surface area (Å²) in [7, 11) is 0. The maximum Gasteiger partial charge on any atom is 0.226 e. The predicted octanol–water partition coefficient (Wildman–Crippen LogP) is 3.78. The molecule has 0 fully saturated rings. The van der Waals surface area contributed by atoms with Gasteiger partial charge in [0.15, 0.2) is 0 Å². The number of benzene rings is 1. The molecule has 0 radical (unpaired) electrons. The van der Waals surface area contributed by atoms with Crippen molar-refractivity contribution in [2.45, 2.75) is 26.2 Å². The van der Waals surface area contributed by atoms with Gasteiger partial charge in [-0.2, -0.15) is 0 Å². The number of fused-ring (bicyclic) bond motifs is 1. The van der Waals surface area contributed by atoms with Crippen molar-refractivity contribution in [3.63, 3.8) is 0 Å². The maximum atomic E-state index is 12.4. The van der Waals surface area contributed by atoms with Crippen LogP contribution in [-0.4, -0.2) is 27.0 Å². The van der Waals surface area contributed by atoms with Crippen molar-refractivity contribution in [3.05, 3.63) is 66.4 Å². The first-order chi connectivity index (χ1) is 13.1. The minimum atomic E-state index is -0.103. The highest BCUT2D eigenvalue weighted by Crippen LogP contribution is 2.38. The van der Waals surface area contributed by atoms with E-state index in [1.165, 1.54) is 0 Å². The van der Waals surface area contributed by atoms with Crippen LogP contribution in [0.1, 0.15) is 37.4 Å². The molecule has 0 saturated heterocycles. The van der Waals surface area contributed by atoms with Gasteiger partial charge < -0.3 is 10.1 Å². The normalized spacial score (nSPS) is 16.1. The Labute approximate surface area is 158 Å². The highest BCUT2D eigenvalue weighted by molar-refractivity contribution is 5.94. The van der Waals surface area contributed by atoms with Crippen LogP contribution in [-0.2, 0) is 4.79 Å². The van der Waals surface area contributed by atoms with Crippen LogP contribution in [0.25, 0.3) is 5.69 Å². The van der Waals surface area contributed by atoms with E-state index in [-0.39, 0.29) is 11.8 Å². The van der Waals surface area contributed by atoms with Crippen LogP contribution >= 0.6 is 0 Å². The summed E-state index contributed by atoms with van der Waals surface area (Å²) >= 11 is 0. The zero-order valence-corrected chi connectivity index (χ0v) is 15.4. The molecule has 138 valence electrons. The Morgan fingerprint density at radius 2 is 2.19 bits per heavy atom. The zero-order chi connectivity index (χ0) is 18.8. The predicted molar refractivity (Wildman–Crippen MR) is 103 cm³/mol. The summed E-state index contributed by atoms with van der Waals surface area (Å²) in [6.45, 7) is 4.90. The first kappa shape index (κ1) is 17.3. The molecule has 1 aliphatic rings. The molecule has 1 aromatic carbocycles. The molecular weight excluding hydrogens is 340 g/mol. The molecule has 1 amide bonds. The van der Waals surface area contributed by atoms with Crippen LogP contribution < -0.4 is 10.1 Å². The molecule has 1 atom stereocenters. The van der Waals surface area contributed by atoms with Crippen molar-refractivity contribution in [2.75, 3.05) is 11.9 Å². The fourth-order valence-electron chi connectivity index (χ4n) is 3.26. The number of anilines is 1. The Hall–Kier alpha value is -3.15. The number of ether oxygens (including phenoxy) is 1. The van der Waals surface area contributed by atoms with Gasteiger partial charge in [0.1, 0.15) is 17.9 Å². The van der Waals surface area contributed by atoms with Crippen molar-refractivity contribution in [3.8, 4) is 11.4 Å². The molecule has 0 spiro atoms. The number of amides is 1. The second-order valence-corrected chi connectivity index (χ2v) is 7.14. The Morgan fingerprint density at radius 1 is 1.30 bits per heavy atom. The van der Waals surface area contributed by atoms with Crippen molar-refractivity contribution in [2.24, 2.45) is 5.92 Å². The minimum Gasteiger partial charge on any atom is -0.493 e. The Balaban J connectivity index is 1.69. The number of hydrogen-bond acceptors (Lipinski definition) is 4. The average Bonchev–Trinajstić information content (AvgIpc) is 3.10. The molecule has 6 heteroatoms. The fraction of sp³-hybridized carbons (Fsp3) is 0.286. The number of imidazole rings is 1. The number of rotatable bonds is 5. The van der Waals surface area contributed by atoms with E-state index >= 15 is 0 Å². The number of hydrogen-bond donors (Lipinski definition) is 1. The van der Waals surface area contributed by atoms with E-state index in [1.807, 2.05) is 41.0 Å². The fourth-order valence-corrected chi connectivity index (χ4v) is 3.26. The number of aromatic nitrogens is 3. The van der Waals surface area contributed by atoms with E-state index in [2.05, 4.69) is 29.1 Å². The lowest BCUT2D eigenvalue weighted by atomic mass is 9.89. The van der Waals surface area contributed by atoms with Crippen LogP contribution in [0.4, 0.5) is 5.82 Å². The van der Waals surface area contributed by atoms with E-state index in [1.54, 1.807) is 18.7 Å². The summed E-state index contributed by atoms with van der Waals surface area (Å²) in [5.74, 6) is 1.86. The average molecular weight is 362 g/mol. The van der Waals surface area contributed by atoms with Crippen LogP contribution in [0.2, 0.25) is 0 Å². The van der Waals surface area contributed by atoms with Gasteiger partial charge in [-0.15, -0.1) is 0 Å². The van der Waals surface area contributed by atoms with Gasteiger partial charge in [-0.3, -0.25) is 14.3 Å². The van der Waals surface area contributed by atoms with Gasteiger partial charge in [0, 0.05) is 18.5 Å². The van der Waals surface area contributed by atoms with Crippen molar-refractivity contribution >= 4 is 11.7 Å². The van der Waals surface area contributed by atoms with Gasteiger partial charge in [0.25, 0.3) is 0 Å². The van der Waals surface area contributed by atoms with Crippen molar-refractivity contribution in [1.29, 1.82) is 0 Å². The lowest BCUT2D eigenvalue weighted by Crippen LogP contribution is -2.25. The van der Waals surface area contributed by atoms with E-state index in [0.29, 0.717) is 24.8 Å². The summed E-state index contributed by atoms with van der Waals surface area (Å²) in [5.41, 5.74) is 2.75. The Kier molecular flexibility index (Phi) is 4.62. The molecule has 27 heavy (non-hydrogen) atoms. The SMILES string of the molecule is CC(C)COc1cccc([C@H]2CC(=O)Nc3c2ncn3-c2cccnc2)c1. The molecule has 1 aliphatic heterocycles. The number of nitrogens with zero attached hydrogens (tertiary/aromatic N) is 3. The van der Waals surface area contributed by atoms with Crippen molar-refractivity contribution in [1.82, 2.24) is 14.5 Å². The molecule has 0 saturated carbocycles. The number of pyridine rings is 1. The van der Waals surface area contributed by atoms with Crippen LogP contribution in [0.5, 0.6) is 5.75 Å². The molecule has 0 aliphatic carbocycles. The standard InChI is InChI=1S/C21H22N4O2/c1-14(2)12-27-17-7-3-5-15(9-17)18-10-19(26)24-21-20(18)23-13-25(21)16-6-4-8-22-11-16/h3-9,11,13-14,18H,10,12H2,1-2H3,(H,24,26)/t18-/m1/s1. The van der Waals surface area contributed by atoms with Crippen LogP contribution in [0.3, 0.4) is 0 Å². The highest BCUT2D eigenvalue weighted by Gasteiger charge is 2.31. The van der Waals surface area contributed by atoms with E-state index in [4.69, 9.17) is 4.74 Å². The Bertz CT molecular complexity index is 950. The first-order valence-corrected chi connectivity index (χ1v) is 9.12. The van der Waals surface area contributed by atoms with Gasteiger partial charge in [-0.05, 0) is 35.7 Å². The zero-order valence-electron chi connectivity index (χ0n) is 15.4. The minimum absolute atomic E-state index is 0.0216. The quantitative estimate of drug-likeness (QED) is 0.750. The molecule has 0 unspecified atom stereocenters. The summed E-state index contributed by atoms with van der Waals surface area (Å²) in [6.07, 6.45) is 5.57. The second-order valence-electron chi connectivity index (χ2n) is 7.14. The third-order valence-corrected chi connectivity index (χ3v) is 4.54. The molecular formula is C21H22N4O2. The van der Waals surface area contributed by atoms with Gasteiger partial charge in [-0.25, -0.2) is 4.98 Å². The molecule has 6 nitrogen and oxygen atoms in total. The van der Waals surface area contributed by atoms with Crippen LogP contribution in [0, 0.1) is 5.92 Å². The second kappa shape index (κ2) is 7.23. The molecule has 2 aromatic heterocycles. The number of carbonyl (C=O) groups is 1. The summed E-state index contributed by atoms with van der Waals surface area (Å²) < 4.78 is 7.72.